The Kier molecular flexibility index (Phi) is 6.87. The minimum Gasteiger partial charge on any atom is -0.494 e. The van der Waals surface area contributed by atoms with Crippen molar-refractivity contribution in [1.29, 1.82) is 0 Å². The van der Waals surface area contributed by atoms with E-state index in [1.165, 1.54) is 28.6 Å². The van der Waals surface area contributed by atoms with Gasteiger partial charge in [-0.15, -0.1) is 0 Å². The molecule has 29 heavy (non-hydrogen) atoms. The monoisotopic (exact) mass is 420 g/mol. The molecule has 0 unspecified atom stereocenters. The predicted molar refractivity (Wildman–Crippen MR) is 110 cm³/mol. The first kappa shape index (κ1) is 21.3. The lowest BCUT2D eigenvalue weighted by Crippen LogP contribution is -2.41. The molecule has 0 radical (unpaired) electrons. The van der Waals surface area contributed by atoms with E-state index in [2.05, 4.69) is 5.32 Å². The van der Waals surface area contributed by atoms with Gasteiger partial charge in [0.05, 0.1) is 12.4 Å². The third-order valence-corrected chi connectivity index (χ3v) is 6.76. The van der Waals surface area contributed by atoms with Crippen LogP contribution in [-0.2, 0) is 20.6 Å². The van der Waals surface area contributed by atoms with Gasteiger partial charge in [-0.2, -0.15) is 0 Å². The molecule has 0 aliphatic carbocycles. The topological polar surface area (TPSA) is 75.7 Å². The number of nitrogens with zero attached hydrogens (tertiary/aromatic N) is 1. The Labute approximate surface area is 170 Å². The molecule has 0 saturated carbocycles. The van der Waals surface area contributed by atoms with Gasteiger partial charge in [-0.3, -0.25) is 4.79 Å². The maximum Gasteiger partial charge on any atom is 0.227 e. The van der Waals surface area contributed by atoms with Crippen LogP contribution in [0.4, 0.5) is 10.1 Å². The van der Waals surface area contributed by atoms with Gasteiger partial charge in [0.15, 0.2) is 0 Å². The van der Waals surface area contributed by atoms with Crippen LogP contribution in [0, 0.1) is 11.7 Å². The Hall–Kier alpha value is -2.45. The van der Waals surface area contributed by atoms with Crippen LogP contribution in [-0.4, -0.2) is 38.3 Å². The quantitative estimate of drug-likeness (QED) is 0.745. The molecule has 1 N–H and O–H groups in total. The predicted octanol–water partition coefficient (Wildman–Crippen LogP) is 3.40. The van der Waals surface area contributed by atoms with E-state index < -0.39 is 15.8 Å². The molecule has 0 aromatic heterocycles. The third-order valence-electron chi connectivity index (χ3n) is 4.91. The van der Waals surface area contributed by atoms with Gasteiger partial charge >= 0.3 is 0 Å². The second-order valence-corrected chi connectivity index (χ2v) is 8.97. The van der Waals surface area contributed by atoms with Crippen LogP contribution in [0.3, 0.4) is 0 Å². The highest BCUT2D eigenvalue weighted by Gasteiger charge is 2.31. The van der Waals surface area contributed by atoms with Crippen molar-refractivity contribution in [1.82, 2.24) is 4.31 Å². The second kappa shape index (κ2) is 9.37. The summed E-state index contributed by atoms with van der Waals surface area (Å²) in [7, 11) is -3.50. The van der Waals surface area contributed by atoms with Gasteiger partial charge in [-0.25, -0.2) is 17.1 Å². The number of halogens is 1. The van der Waals surface area contributed by atoms with Gasteiger partial charge in [0.25, 0.3) is 0 Å². The first-order chi connectivity index (χ1) is 13.9. The summed E-state index contributed by atoms with van der Waals surface area (Å²) < 4.78 is 45.0. The number of hydrogen-bond acceptors (Lipinski definition) is 4. The van der Waals surface area contributed by atoms with E-state index in [0.29, 0.717) is 43.8 Å². The Morgan fingerprint density at radius 1 is 1.10 bits per heavy atom. The number of carbonyl (C=O) groups is 1. The first-order valence-electron chi connectivity index (χ1n) is 9.63. The van der Waals surface area contributed by atoms with Crippen LogP contribution in [0.15, 0.2) is 48.5 Å². The van der Waals surface area contributed by atoms with Crippen molar-refractivity contribution in [3.05, 3.63) is 59.9 Å². The second-order valence-electron chi connectivity index (χ2n) is 7.00. The van der Waals surface area contributed by atoms with E-state index in [9.17, 15) is 17.6 Å². The summed E-state index contributed by atoms with van der Waals surface area (Å²) in [6.45, 7) is 3.08. The highest BCUT2D eigenvalue weighted by atomic mass is 32.2. The lowest BCUT2D eigenvalue weighted by molar-refractivity contribution is -0.120. The molecule has 0 atom stereocenters. The van der Waals surface area contributed by atoms with E-state index in [1.54, 1.807) is 24.3 Å². The van der Waals surface area contributed by atoms with Crippen LogP contribution >= 0.6 is 0 Å². The number of piperidine rings is 1. The molecule has 8 heteroatoms. The number of amides is 1. The SMILES string of the molecule is CCOc1ccc(NC(=O)C2CCN(S(=O)(=O)Cc3ccc(F)cc3)CC2)cc1. The Bertz CT molecular complexity index is 922. The maximum absolute atomic E-state index is 13.0. The van der Waals surface area contributed by atoms with E-state index in [1.807, 2.05) is 6.92 Å². The molecule has 1 aliphatic heterocycles. The standard InChI is InChI=1S/C21H25FN2O4S/c1-2-28-20-9-7-19(8-10-20)23-21(25)17-11-13-24(14-12-17)29(26,27)15-16-3-5-18(22)6-4-16/h3-10,17H,2,11-15H2,1H3,(H,23,25). The molecule has 3 rings (SSSR count). The van der Waals surface area contributed by atoms with Crippen molar-refractivity contribution < 1.29 is 22.3 Å². The fraction of sp³-hybridized carbons (Fsp3) is 0.381. The molecule has 1 aliphatic rings. The van der Waals surface area contributed by atoms with E-state index in [0.717, 1.165) is 5.75 Å². The summed E-state index contributed by atoms with van der Waals surface area (Å²) >= 11 is 0. The van der Waals surface area contributed by atoms with Crippen molar-refractivity contribution in [3.63, 3.8) is 0 Å². The highest BCUT2D eigenvalue weighted by molar-refractivity contribution is 7.88. The number of rotatable bonds is 7. The van der Waals surface area contributed by atoms with Crippen LogP contribution in [0.2, 0.25) is 0 Å². The van der Waals surface area contributed by atoms with Crippen molar-refractivity contribution in [2.45, 2.75) is 25.5 Å². The third kappa shape index (κ3) is 5.77. The normalized spacial score (nSPS) is 15.8. The van der Waals surface area contributed by atoms with Gasteiger partial charge < -0.3 is 10.1 Å². The Morgan fingerprint density at radius 3 is 2.31 bits per heavy atom. The summed E-state index contributed by atoms with van der Waals surface area (Å²) in [5, 5.41) is 2.88. The summed E-state index contributed by atoms with van der Waals surface area (Å²) in [6.07, 6.45) is 0.928. The largest absolute Gasteiger partial charge is 0.494 e. The van der Waals surface area contributed by atoms with Gasteiger partial charge in [-0.1, -0.05) is 12.1 Å². The van der Waals surface area contributed by atoms with Crippen LogP contribution in [0.5, 0.6) is 5.75 Å². The van der Waals surface area contributed by atoms with Crippen molar-refractivity contribution in [2.24, 2.45) is 5.92 Å². The number of hydrogen-bond donors (Lipinski definition) is 1. The molecule has 6 nitrogen and oxygen atoms in total. The maximum atomic E-state index is 13.0. The zero-order valence-corrected chi connectivity index (χ0v) is 17.1. The molecule has 2 aromatic rings. The zero-order chi connectivity index (χ0) is 20.9. The summed E-state index contributed by atoms with van der Waals surface area (Å²) in [4.78, 5) is 12.5. The van der Waals surface area contributed by atoms with E-state index in [-0.39, 0.29) is 17.6 Å². The van der Waals surface area contributed by atoms with Gasteiger partial charge in [-0.05, 0) is 61.7 Å². The molecule has 1 amide bonds. The average molecular weight is 421 g/mol. The highest BCUT2D eigenvalue weighted by Crippen LogP contribution is 2.24. The number of nitrogens with one attached hydrogen (secondary N) is 1. The molecule has 0 bridgehead atoms. The number of anilines is 1. The average Bonchev–Trinajstić information content (AvgIpc) is 2.71. The van der Waals surface area contributed by atoms with Crippen molar-refractivity contribution in [3.8, 4) is 5.75 Å². The van der Waals surface area contributed by atoms with Gasteiger partial charge in [0, 0.05) is 24.7 Å². The van der Waals surface area contributed by atoms with E-state index in [4.69, 9.17) is 4.74 Å². The Morgan fingerprint density at radius 2 is 1.72 bits per heavy atom. The molecule has 0 spiro atoms. The molecule has 1 saturated heterocycles. The molecule has 156 valence electrons. The fourth-order valence-corrected chi connectivity index (χ4v) is 4.89. The van der Waals surface area contributed by atoms with Crippen LogP contribution in [0.1, 0.15) is 25.3 Å². The van der Waals surface area contributed by atoms with Crippen LogP contribution < -0.4 is 10.1 Å². The zero-order valence-electron chi connectivity index (χ0n) is 16.3. The molecule has 1 fully saturated rings. The summed E-state index contributed by atoms with van der Waals surface area (Å²) in [5.41, 5.74) is 1.23. The van der Waals surface area contributed by atoms with E-state index >= 15 is 0 Å². The molecule has 2 aromatic carbocycles. The van der Waals surface area contributed by atoms with Crippen molar-refractivity contribution >= 4 is 21.6 Å². The van der Waals surface area contributed by atoms with Crippen LogP contribution in [0.25, 0.3) is 0 Å². The molecular weight excluding hydrogens is 395 g/mol. The minimum atomic E-state index is -3.50. The Balaban J connectivity index is 1.52. The lowest BCUT2D eigenvalue weighted by atomic mass is 9.97. The number of benzene rings is 2. The van der Waals surface area contributed by atoms with Crippen molar-refractivity contribution in [2.75, 3.05) is 25.0 Å². The number of ether oxygens (including phenoxy) is 1. The summed E-state index contributed by atoms with van der Waals surface area (Å²) in [5.74, 6) is -0.171. The molecular formula is C21H25FN2O4S. The number of carbonyl (C=O) groups excluding carboxylic acids is 1. The summed E-state index contributed by atoms with van der Waals surface area (Å²) in [6, 6.07) is 12.6. The van der Waals surface area contributed by atoms with Gasteiger partial charge in [0.2, 0.25) is 15.9 Å². The van der Waals surface area contributed by atoms with Gasteiger partial charge in [0.1, 0.15) is 11.6 Å². The number of sulfonamides is 1. The molecule has 1 heterocycles. The minimum absolute atomic E-state index is 0.107. The smallest absolute Gasteiger partial charge is 0.227 e. The lowest BCUT2D eigenvalue weighted by Gasteiger charge is -2.30. The fourth-order valence-electron chi connectivity index (χ4n) is 3.32. The first-order valence-corrected chi connectivity index (χ1v) is 11.2.